The van der Waals surface area contributed by atoms with E-state index in [9.17, 15) is 13.2 Å². The summed E-state index contributed by atoms with van der Waals surface area (Å²) in [5.74, 6) is 0.686. The fourth-order valence-corrected chi connectivity index (χ4v) is 2.12. The first-order valence-electron chi connectivity index (χ1n) is 5.92. The number of aryl methyl sites for hydroxylation is 1. The van der Waals surface area contributed by atoms with E-state index in [1.54, 1.807) is 6.07 Å². The number of nitrogens with one attached hydrogen (secondary N) is 1. The minimum absolute atomic E-state index is 0.359. The van der Waals surface area contributed by atoms with E-state index in [0.717, 1.165) is 37.2 Å². The summed E-state index contributed by atoms with van der Waals surface area (Å²) in [6.45, 7) is 0.777. The van der Waals surface area contributed by atoms with Gasteiger partial charge in [-0.2, -0.15) is 17.9 Å². The molecule has 0 unspecified atom stereocenters. The molecule has 1 N–H and O–H groups in total. The molecule has 1 aliphatic rings. The molecule has 19 heavy (non-hydrogen) atoms. The van der Waals surface area contributed by atoms with Crippen LogP contribution in [0.1, 0.15) is 17.7 Å². The van der Waals surface area contributed by atoms with Crippen LogP contribution in [0.4, 0.5) is 19.0 Å². The highest BCUT2D eigenvalue weighted by Gasteiger charge is 2.31. The summed E-state index contributed by atoms with van der Waals surface area (Å²) >= 11 is 0. The fourth-order valence-electron chi connectivity index (χ4n) is 2.12. The smallest absolute Gasteiger partial charge is 0.368 e. The van der Waals surface area contributed by atoms with Crippen molar-refractivity contribution < 1.29 is 13.2 Å². The highest BCUT2D eigenvalue weighted by atomic mass is 19.4. The summed E-state index contributed by atoms with van der Waals surface area (Å²) in [7, 11) is 0. The van der Waals surface area contributed by atoms with E-state index < -0.39 is 11.7 Å². The average molecular weight is 268 g/mol. The molecule has 0 radical (unpaired) electrons. The molecule has 2 heterocycles. The molecule has 100 valence electrons. The van der Waals surface area contributed by atoms with Crippen LogP contribution in [0.3, 0.4) is 0 Å². The van der Waals surface area contributed by atoms with Crippen LogP contribution in [0.2, 0.25) is 0 Å². The zero-order chi connectivity index (χ0) is 13.5. The Bertz CT molecular complexity index is 603. The topological polar surface area (TPSA) is 42.7 Å². The Kier molecular flexibility index (Phi) is 2.69. The highest BCUT2D eigenvalue weighted by molar-refractivity contribution is 5.50. The minimum atomic E-state index is -4.36. The Labute approximate surface area is 107 Å². The van der Waals surface area contributed by atoms with Crippen molar-refractivity contribution in [3.05, 3.63) is 35.5 Å². The van der Waals surface area contributed by atoms with Crippen LogP contribution in [0.25, 0.3) is 5.69 Å². The highest BCUT2D eigenvalue weighted by Crippen LogP contribution is 2.31. The molecule has 3 rings (SSSR count). The molecule has 1 aromatic carbocycles. The second-order valence-corrected chi connectivity index (χ2v) is 4.37. The summed E-state index contributed by atoms with van der Waals surface area (Å²) in [6.07, 6.45) is -2.61. The molecular formula is C12H11F3N4. The van der Waals surface area contributed by atoms with E-state index in [-0.39, 0.29) is 0 Å². The summed E-state index contributed by atoms with van der Waals surface area (Å²) in [5.41, 5.74) is 0.465. The maximum atomic E-state index is 12.7. The standard InChI is InChI=1S/C12H11F3N4/c13-12(14,15)8-3-1-4-9(7-8)19-11-10(17-18-19)5-2-6-16-11/h1,3-4,7,16H,2,5-6H2. The van der Waals surface area contributed by atoms with Gasteiger partial charge in [0.15, 0.2) is 5.82 Å². The van der Waals surface area contributed by atoms with Crippen LogP contribution in [0, 0.1) is 0 Å². The van der Waals surface area contributed by atoms with E-state index >= 15 is 0 Å². The monoisotopic (exact) mass is 268 g/mol. The molecule has 2 aromatic rings. The lowest BCUT2D eigenvalue weighted by molar-refractivity contribution is -0.137. The van der Waals surface area contributed by atoms with Crippen molar-refractivity contribution in [1.82, 2.24) is 15.0 Å². The number of halogens is 3. The third-order valence-electron chi connectivity index (χ3n) is 3.04. The Balaban J connectivity index is 2.05. The van der Waals surface area contributed by atoms with E-state index in [0.29, 0.717) is 11.5 Å². The lowest BCUT2D eigenvalue weighted by Gasteiger charge is -2.15. The second-order valence-electron chi connectivity index (χ2n) is 4.37. The number of rotatable bonds is 1. The number of nitrogens with zero attached hydrogens (tertiary/aromatic N) is 3. The molecule has 0 aliphatic carbocycles. The van der Waals surface area contributed by atoms with Gasteiger partial charge in [0.25, 0.3) is 0 Å². The molecule has 0 atom stereocenters. The molecule has 0 saturated carbocycles. The van der Waals surface area contributed by atoms with Gasteiger partial charge in [-0.05, 0) is 31.0 Å². The molecule has 7 heteroatoms. The van der Waals surface area contributed by atoms with Crippen molar-refractivity contribution >= 4 is 5.82 Å². The Morgan fingerprint density at radius 3 is 2.89 bits per heavy atom. The van der Waals surface area contributed by atoms with Gasteiger partial charge in [-0.15, -0.1) is 5.10 Å². The predicted molar refractivity (Wildman–Crippen MR) is 63.2 cm³/mol. The molecule has 1 aliphatic heterocycles. The van der Waals surface area contributed by atoms with E-state index in [1.165, 1.54) is 10.7 Å². The first kappa shape index (κ1) is 12.0. The fraction of sp³-hybridized carbons (Fsp3) is 0.333. The second kappa shape index (κ2) is 4.25. The van der Waals surface area contributed by atoms with Crippen molar-refractivity contribution in [2.45, 2.75) is 19.0 Å². The molecule has 0 spiro atoms. The van der Waals surface area contributed by atoms with Crippen molar-refractivity contribution in [3.8, 4) is 5.69 Å². The molecule has 0 bridgehead atoms. The van der Waals surface area contributed by atoms with Crippen LogP contribution in [-0.4, -0.2) is 21.5 Å². The van der Waals surface area contributed by atoms with E-state index in [2.05, 4.69) is 15.6 Å². The zero-order valence-corrected chi connectivity index (χ0v) is 9.91. The average Bonchev–Trinajstić information content (AvgIpc) is 2.82. The van der Waals surface area contributed by atoms with Gasteiger partial charge in [-0.25, -0.2) is 0 Å². The van der Waals surface area contributed by atoms with Crippen molar-refractivity contribution in [1.29, 1.82) is 0 Å². The normalized spacial score (nSPS) is 14.9. The maximum Gasteiger partial charge on any atom is 0.416 e. The van der Waals surface area contributed by atoms with Gasteiger partial charge in [0.1, 0.15) is 5.69 Å². The summed E-state index contributed by atoms with van der Waals surface area (Å²) in [5, 5.41) is 11.0. The molecular weight excluding hydrogens is 257 g/mol. The van der Waals surface area contributed by atoms with Crippen LogP contribution in [0.15, 0.2) is 24.3 Å². The number of hydrogen-bond acceptors (Lipinski definition) is 3. The number of alkyl halides is 3. The first-order valence-corrected chi connectivity index (χ1v) is 5.92. The van der Waals surface area contributed by atoms with Crippen molar-refractivity contribution in [2.24, 2.45) is 0 Å². The van der Waals surface area contributed by atoms with Gasteiger partial charge in [-0.1, -0.05) is 11.3 Å². The number of hydrogen-bond donors (Lipinski definition) is 1. The van der Waals surface area contributed by atoms with E-state index in [4.69, 9.17) is 0 Å². The summed E-state index contributed by atoms with van der Waals surface area (Å²) in [6, 6.07) is 5.07. The van der Waals surface area contributed by atoms with Crippen LogP contribution < -0.4 is 5.32 Å². The van der Waals surface area contributed by atoms with Gasteiger partial charge < -0.3 is 5.32 Å². The molecule has 4 nitrogen and oxygen atoms in total. The molecule has 1 aromatic heterocycles. The van der Waals surface area contributed by atoms with Gasteiger partial charge in [-0.3, -0.25) is 0 Å². The quantitative estimate of drug-likeness (QED) is 0.864. The third kappa shape index (κ3) is 2.16. The number of aromatic nitrogens is 3. The van der Waals surface area contributed by atoms with E-state index in [1.807, 2.05) is 0 Å². The Morgan fingerprint density at radius 1 is 1.26 bits per heavy atom. The lowest BCUT2D eigenvalue weighted by atomic mass is 10.1. The maximum absolute atomic E-state index is 12.7. The SMILES string of the molecule is FC(F)(F)c1cccc(-n2nnc3c2NCCC3)c1. The van der Waals surface area contributed by atoms with Gasteiger partial charge in [0, 0.05) is 6.54 Å². The minimum Gasteiger partial charge on any atom is -0.368 e. The number of fused-ring (bicyclic) bond motifs is 1. The van der Waals surface area contributed by atoms with Gasteiger partial charge in [0.2, 0.25) is 0 Å². The van der Waals surface area contributed by atoms with Gasteiger partial charge >= 0.3 is 6.18 Å². The van der Waals surface area contributed by atoms with Crippen LogP contribution in [-0.2, 0) is 12.6 Å². The molecule has 0 fully saturated rings. The summed E-state index contributed by atoms with van der Waals surface area (Å²) in [4.78, 5) is 0. The van der Waals surface area contributed by atoms with Crippen LogP contribution >= 0.6 is 0 Å². The zero-order valence-electron chi connectivity index (χ0n) is 9.91. The molecule has 0 saturated heterocycles. The molecule has 0 amide bonds. The Morgan fingerprint density at radius 2 is 2.11 bits per heavy atom. The van der Waals surface area contributed by atoms with Gasteiger partial charge in [0.05, 0.1) is 11.3 Å². The summed E-state index contributed by atoms with van der Waals surface area (Å²) < 4.78 is 39.5. The number of anilines is 1. The first-order chi connectivity index (χ1) is 9.05. The van der Waals surface area contributed by atoms with Crippen molar-refractivity contribution in [2.75, 3.05) is 11.9 Å². The third-order valence-corrected chi connectivity index (χ3v) is 3.04. The largest absolute Gasteiger partial charge is 0.416 e. The number of benzene rings is 1. The van der Waals surface area contributed by atoms with Crippen LogP contribution in [0.5, 0.6) is 0 Å². The lowest BCUT2D eigenvalue weighted by Crippen LogP contribution is -2.14. The predicted octanol–water partition coefficient (Wildman–Crippen LogP) is 2.64. The van der Waals surface area contributed by atoms with Crippen molar-refractivity contribution in [3.63, 3.8) is 0 Å². The Hall–Kier alpha value is -2.05.